The molecule has 120 valence electrons. The zero-order valence-electron chi connectivity index (χ0n) is 12.9. The second-order valence-corrected chi connectivity index (χ2v) is 7.44. The Morgan fingerprint density at radius 3 is 2.00 bits per heavy atom. The lowest BCUT2D eigenvalue weighted by molar-refractivity contribution is 0.271. The molecule has 0 fully saturated rings. The Bertz CT molecular complexity index is 798. The summed E-state index contributed by atoms with van der Waals surface area (Å²) < 4.78 is 25.6. The summed E-state index contributed by atoms with van der Waals surface area (Å²) in [6, 6.07) is 13.7. The molecule has 6 nitrogen and oxygen atoms in total. The number of fused-ring (bicyclic) bond motifs is 2. The monoisotopic (exact) mass is 331 g/mol. The molecule has 2 aromatic carbocycles. The third-order valence-electron chi connectivity index (χ3n) is 4.10. The van der Waals surface area contributed by atoms with Gasteiger partial charge >= 0.3 is 0 Å². The first kappa shape index (κ1) is 15.5. The van der Waals surface area contributed by atoms with Crippen molar-refractivity contribution in [2.75, 3.05) is 18.5 Å². The highest BCUT2D eigenvalue weighted by atomic mass is 32.2. The molecule has 2 aromatic rings. The number of hydrogen-bond acceptors (Lipinski definition) is 5. The Kier molecular flexibility index (Phi) is 3.81. The van der Waals surface area contributed by atoms with Crippen molar-refractivity contribution in [3.8, 4) is 0 Å². The van der Waals surface area contributed by atoms with Crippen LogP contribution in [0.5, 0.6) is 0 Å². The van der Waals surface area contributed by atoms with Gasteiger partial charge in [-0.15, -0.1) is 4.91 Å². The summed E-state index contributed by atoms with van der Waals surface area (Å²) in [7, 11) is -1.93. The van der Waals surface area contributed by atoms with Crippen LogP contribution in [0.25, 0.3) is 0 Å². The number of benzene rings is 2. The SMILES string of the molecule is CC(CN1c2ccccc2S(=O)(=O)c2ccccc21)N(C)N=O. The summed E-state index contributed by atoms with van der Waals surface area (Å²) in [5.74, 6) is 0. The van der Waals surface area contributed by atoms with Crippen molar-refractivity contribution in [1.82, 2.24) is 5.01 Å². The van der Waals surface area contributed by atoms with Crippen molar-refractivity contribution in [3.63, 3.8) is 0 Å². The number of nitroso groups, excluding NO2 is 1. The van der Waals surface area contributed by atoms with Gasteiger partial charge in [-0.1, -0.05) is 24.3 Å². The average molecular weight is 331 g/mol. The van der Waals surface area contributed by atoms with E-state index in [-0.39, 0.29) is 15.8 Å². The van der Waals surface area contributed by atoms with Crippen LogP contribution in [-0.2, 0) is 9.84 Å². The molecule has 0 bridgehead atoms. The molecule has 7 heteroatoms. The number of anilines is 2. The summed E-state index contributed by atoms with van der Waals surface area (Å²) in [5.41, 5.74) is 1.25. The molecule has 0 aliphatic carbocycles. The number of likely N-dealkylation sites (N-methyl/N-ethyl adjacent to an activating group) is 1. The van der Waals surface area contributed by atoms with Crippen LogP contribution in [0.3, 0.4) is 0 Å². The molecule has 0 N–H and O–H groups in total. The van der Waals surface area contributed by atoms with E-state index >= 15 is 0 Å². The zero-order chi connectivity index (χ0) is 16.6. The van der Waals surface area contributed by atoms with Gasteiger partial charge in [-0.3, -0.25) is 5.01 Å². The lowest BCUT2D eigenvalue weighted by atomic mass is 10.2. The van der Waals surface area contributed by atoms with E-state index in [2.05, 4.69) is 5.29 Å². The van der Waals surface area contributed by atoms with Gasteiger partial charge in [-0.05, 0) is 31.2 Å². The van der Waals surface area contributed by atoms with Crippen molar-refractivity contribution in [2.24, 2.45) is 5.29 Å². The Balaban J connectivity index is 2.16. The molecule has 0 saturated heterocycles. The molecule has 0 saturated carbocycles. The van der Waals surface area contributed by atoms with E-state index in [4.69, 9.17) is 0 Å². The Morgan fingerprint density at radius 2 is 1.52 bits per heavy atom. The van der Waals surface area contributed by atoms with Crippen molar-refractivity contribution in [1.29, 1.82) is 0 Å². The Hall–Kier alpha value is -2.41. The molecule has 0 spiro atoms. The van der Waals surface area contributed by atoms with Gasteiger partial charge in [-0.2, -0.15) is 0 Å². The molecule has 0 radical (unpaired) electrons. The molecule has 0 amide bonds. The van der Waals surface area contributed by atoms with Gasteiger partial charge in [0, 0.05) is 13.6 Å². The first-order valence-electron chi connectivity index (χ1n) is 7.23. The highest BCUT2D eigenvalue weighted by Gasteiger charge is 2.34. The normalized spacial score (nSPS) is 16.2. The van der Waals surface area contributed by atoms with Gasteiger partial charge in [0.2, 0.25) is 9.84 Å². The summed E-state index contributed by atoms with van der Waals surface area (Å²) in [5, 5.41) is 4.26. The summed E-state index contributed by atoms with van der Waals surface area (Å²) >= 11 is 0. The maximum Gasteiger partial charge on any atom is 0.210 e. The average Bonchev–Trinajstić information content (AvgIpc) is 2.58. The van der Waals surface area contributed by atoms with E-state index in [1.54, 1.807) is 43.4 Å². The smallest absolute Gasteiger partial charge is 0.210 e. The van der Waals surface area contributed by atoms with Gasteiger partial charge in [0.1, 0.15) is 0 Å². The molecule has 1 aliphatic rings. The van der Waals surface area contributed by atoms with E-state index in [9.17, 15) is 13.3 Å². The van der Waals surface area contributed by atoms with Gasteiger partial charge in [0.25, 0.3) is 0 Å². The van der Waals surface area contributed by atoms with E-state index in [0.29, 0.717) is 17.9 Å². The van der Waals surface area contributed by atoms with Crippen molar-refractivity contribution < 1.29 is 8.42 Å². The molecule has 1 unspecified atom stereocenters. The maximum absolute atomic E-state index is 12.8. The molecule has 1 atom stereocenters. The van der Waals surface area contributed by atoms with Gasteiger partial charge < -0.3 is 4.90 Å². The number of rotatable bonds is 4. The van der Waals surface area contributed by atoms with Gasteiger partial charge in [0.15, 0.2) is 0 Å². The number of nitrogens with zero attached hydrogens (tertiary/aromatic N) is 3. The van der Waals surface area contributed by atoms with Crippen molar-refractivity contribution >= 4 is 21.2 Å². The van der Waals surface area contributed by atoms with Crippen LogP contribution in [0, 0.1) is 4.91 Å². The van der Waals surface area contributed by atoms with Crippen LogP contribution in [-0.4, -0.2) is 33.1 Å². The fourth-order valence-electron chi connectivity index (χ4n) is 2.72. The minimum absolute atomic E-state index is 0.172. The second kappa shape index (κ2) is 5.66. The van der Waals surface area contributed by atoms with Gasteiger partial charge in [0.05, 0.1) is 32.5 Å². The summed E-state index contributed by atoms with van der Waals surface area (Å²) in [6.45, 7) is 2.32. The standard InChI is InChI=1S/C16H17N3O3S/c1-12(18(2)17-20)11-19-13-7-3-5-9-15(13)23(21,22)16-10-6-4-8-14(16)19/h3-10,12H,11H2,1-2H3. The topological polar surface area (TPSA) is 70.1 Å². The van der Waals surface area contributed by atoms with Crippen LogP contribution >= 0.6 is 0 Å². The van der Waals surface area contributed by atoms with Crippen LogP contribution < -0.4 is 4.90 Å². The first-order chi connectivity index (χ1) is 11.0. The van der Waals surface area contributed by atoms with Crippen LogP contribution in [0.2, 0.25) is 0 Å². The summed E-state index contributed by atoms with van der Waals surface area (Å²) in [4.78, 5) is 13.2. The number of para-hydroxylation sites is 2. The highest BCUT2D eigenvalue weighted by Crippen LogP contribution is 2.43. The molecular formula is C16H17N3O3S. The zero-order valence-corrected chi connectivity index (χ0v) is 13.7. The van der Waals surface area contributed by atoms with E-state index < -0.39 is 9.84 Å². The van der Waals surface area contributed by atoms with Crippen LogP contribution in [0.4, 0.5) is 11.4 Å². The van der Waals surface area contributed by atoms with Gasteiger partial charge in [-0.25, -0.2) is 8.42 Å². The van der Waals surface area contributed by atoms with E-state index in [0.717, 1.165) is 0 Å². The fourth-order valence-corrected chi connectivity index (χ4v) is 4.38. The number of sulfone groups is 1. The highest BCUT2D eigenvalue weighted by molar-refractivity contribution is 7.92. The minimum atomic E-state index is -3.54. The molecular weight excluding hydrogens is 314 g/mol. The molecule has 1 heterocycles. The Labute approximate surface area is 135 Å². The largest absolute Gasteiger partial charge is 0.337 e. The van der Waals surface area contributed by atoms with Crippen LogP contribution in [0.15, 0.2) is 63.6 Å². The molecule has 1 aliphatic heterocycles. The lowest BCUT2D eigenvalue weighted by Gasteiger charge is -2.35. The summed E-state index contributed by atoms with van der Waals surface area (Å²) in [6.07, 6.45) is 0. The lowest BCUT2D eigenvalue weighted by Crippen LogP contribution is -2.38. The minimum Gasteiger partial charge on any atom is -0.337 e. The second-order valence-electron chi connectivity index (χ2n) is 5.55. The van der Waals surface area contributed by atoms with E-state index in [1.165, 1.54) is 5.01 Å². The fraction of sp³-hybridized carbons (Fsp3) is 0.250. The predicted octanol–water partition coefficient (Wildman–Crippen LogP) is 2.97. The Morgan fingerprint density at radius 1 is 1.04 bits per heavy atom. The molecule has 3 rings (SSSR count). The molecule has 0 aromatic heterocycles. The van der Waals surface area contributed by atoms with E-state index in [1.807, 2.05) is 24.0 Å². The maximum atomic E-state index is 12.8. The van der Waals surface area contributed by atoms with Crippen molar-refractivity contribution in [3.05, 3.63) is 53.4 Å². The molecule has 23 heavy (non-hydrogen) atoms. The third kappa shape index (κ3) is 2.46. The first-order valence-corrected chi connectivity index (χ1v) is 8.72. The number of hydrogen-bond donors (Lipinski definition) is 0. The predicted molar refractivity (Wildman–Crippen MR) is 88.4 cm³/mol. The quantitative estimate of drug-likeness (QED) is 0.636. The van der Waals surface area contributed by atoms with Crippen molar-refractivity contribution in [2.45, 2.75) is 22.8 Å². The van der Waals surface area contributed by atoms with Crippen LogP contribution in [0.1, 0.15) is 6.92 Å². The third-order valence-corrected chi connectivity index (χ3v) is 5.95.